The second-order valence-electron chi connectivity index (χ2n) is 1.58. The fraction of sp³-hybridized carbons (Fsp3) is 0.600. The average molecular weight is 131 g/mol. The van der Waals surface area contributed by atoms with Gasteiger partial charge < -0.3 is 16.2 Å². The van der Waals surface area contributed by atoms with E-state index in [-0.39, 0.29) is 12.5 Å². The molecular formula is C5H11N2O2. The maximum Gasteiger partial charge on any atom is 0.239 e. The van der Waals surface area contributed by atoms with E-state index in [9.17, 15) is 4.79 Å². The summed E-state index contributed by atoms with van der Waals surface area (Å²) >= 11 is 0. The van der Waals surface area contributed by atoms with Crippen LogP contribution in [0.1, 0.15) is 0 Å². The SMILES string of the molecule is [CH2]CNC(=O)C(N)CO. The topological polar surface area (TPSA) is 75.4 Å². The quantitative estimate of drug-likeness (QED) is 0.425. The number of nitrogens with one attached hydrogen (secondary N) is 1. The molecule has 0 heterocycles. The molecule has 0 rings (SSSR count). The lowest BCUT2D eigenvalue weighted by atomic mass is 10.3. The summed E-state index contributed by atoms with van der Waals surface area (Å²) in [5.74, 6) is -0.368. The molecule has 0 aliphatic heterocycles. The zero-order chi connectivity index (χ0) is 7.28. The standard InChI is InChI=1S/C5H11N2O2/c1-2-7-5(9)4(6)3-8/h4,8H,1-3,6H2,(H,7,9). The van der Waals surface area contributed by atoms with E-state index in [1.54, 1.807) is 0 Å². The number of aliphatic hydroxyl groups excluding tert-OH is 1. The second kappa shape index (κ2) is 4.29. The Balaban J connectivity index is 3.46. The number of nitrogens with two attached hydrogens (primary N) is 1. The molecule has 1 amide bonds. The van der Waals surface area contributed by atoms with Gasteiger partial charge in [-0.1, -0.05) is 0 Å². The van der Waals surface area contributed by atoms with Gasteiger partial charge >= 0.3 is 0 Å². The number of carbonyl (C=O) groups is 1. The molecule has 0 saturated carbocycles. The number of aliphatic hydroxyl groups is 1. The number of hydrogen-bond donors (Lipinski definition) is 3. The molecule has 0 aromatic carbocycles. The molecule has 9 heavy (non-hydrogen) atoms. The van der Waals surface area contributed by atoms with Crippen molar-refractivity contribution in [3.8, 4) is 0 Å². The summed E-state index contributed by atoms with van der Waals surface area (Å²) in [6, 6.07) is -0.813. The van der Waals surface area contributed by atoms with Crippen LogP contribution in [0.3, 0.4) is 0 Å². The van der Waals surface area contributed by atoms with Crippen molar-refractivity contribution in [2.45, 2.75) is 6.04 Å². The van der Waals surface area contributed by atoms with Gasteiger partial charge in [0.15, 0.2) is 0 Å². The molecule has 0 fully saturated rings. The molecule has 0 aliphatic carbocycles. The van der Waals surface area contributed by atoms with Crippen LogP contribution in [0.4, 0.5) is 0 Å². The summed E-state index contributed by atoms with van der Waals surface area (Å²) in [7, 11) is 0. The summed E-state index contributed by atoms with van der Waals surface area (Å²) in [5, 5.41) is 10.7. The van der Waals surface area contributed by atoms with Crippen LogP contribution >= 0.6 is 0 Å². The third-order valence-corrected chi connectivity index (χ3v) is 0.833. The number of hydrogen-bond acceptors (Lipinski definition) is 3. The van der Waals surface area contributed by atoms with Crippen LogP contribution in [-0.2, 0) is 4.79 Å². The monoisotopic (exact) mass is 131 g/mol. The van der Waals surface area contributed by atoms with Crippen molar-refractivity contribution in [3.63, 3.8) is 0 Å². The molecule has 53 valence electrons. The van der Waals surface area contributed by atoms with Gasteiger partial charge in [-0.05, 0) is 6.92 Å². The lowest BCUT2D eigenvalue weighted by Gasteiger charge is -2.05. The van der Waals surface area contributed by atoms with Crippen molar-refractivity contribution in [3.05, 3.63) is 6.92 Å². The summed E-state index contributed by atoms with van der Waals surface area (Å²) in [6.07, 6.45) is 0. The van der Waals surface area contributed by atoms with E-state index in [1.807, 2.05) is 0 Å². The fourth-order valence-electron chi connectivity index (χ4n) is 0.337. The molecule has 4 nitrogen and oxygen atoms in total. The molecule has 1 unspecified atom stereocenters. The smallest absolute Gasteiger partial charge is 0.239 e. The first-order valence-corrected chi connectivity index (χ1v) is 2.65. The van der Waals surface area contributed by atoms with Gasteiger partial charge in [-0.3, -0.25) is 4.79 Å². The van der Waals surface area contributed by atoms with Crippen LogP contribution in [0.25, 0.3) is 0 Å². The molecule has 4 heteroatoms. The highest BCUT2D eigenvalue weighted by Crippen LogP contribution is 1.73. The van der Waals surface area contributed by atoms with Gasteiger partial charge in [0, 0.05) is 6.54 Å². The fourth-order valence-corrected chi connectivity index (χ4v) is 0.337. The van der Waals surface area contributed by atoms with Gasteiger partial charge in [0.25, 0.3) is 0 Å². The Kier molecular flexibility index (Phi) is 4.00. The van der Waals surface area contributed by atoms with E-state index in [2.05, 4.69) is 12.2 Å². The van der Waals surface area contributed by atoms with Crippen molar-refractivity contribution in [2.24, 2.45) is 5.73 Å². The Morgan fingerprint density at radius 3 is 2.78 bits per heavy atom. The summed E-state index contributed by atoms with van der Waals surface area (Å²) in [6.45, 7) is 3.34. The first kappa shape index (κ1) is 8.39. The number of amides is 1. The van der Waals surface area contributed by atoms with Gasteiger partial charge in [0.1, 0.15) is 6.04 Å². The Bertz CT molecular complexity index is 95.0. The van der Waals surface area contributed by atoms with Gasteiger partial charge in [-0.2, -0.15) is 0 Å². The third-order valence-electron chi connectivity index (χ3n) is 0.833. The lowest BCUT2D eigenvalue weighted by molar-refractivity contribution is -0.122. The number of rotatable bonds is 3. The van der Waals surface area contributed by atoms with Crippen molar-refractivity contribution in [1.29, 1.82) is 0 Å². The van der Waals surface area contributed by atoms with Crippen LogP contribution < -0.4 is 11.1 Å². The van der Waals surface area contributed by atoms with E-state index >= 15 is 0 Å². The first-order chi connectivity index (χ1) is 4.22. The number of carbonyl (C=O) groups excluding carboxylic acids is 1. The third kappa shape index (κ3) is 3.05. The van der Waals surface area contributed by atoms with Crippen LogP contribution in [0.2, 0.25) is 0 Å². The predicted molar refractivity (Wildman–Crippen MR) is 33.4 cm³/mol. The van der Waals surface area contributed by atoms with E-state index in [0.717, 1.165) is 0 Å². The Labute approximate surface area is 54.0 Å². The zero-order valence-corrected chi connectivity index (χ0v) is 5.13. The molecule has 4 N–H and O–H groups in total. The van der Waals surface area contributed by atoms with E-state index in [0.29, 0.717) is 6.54 Å². The summed E-state index contributed by atoms with van der Waals surface area (Å²) in [4.78, 5) is 10.5. The van der Waals surface area contributed by atoms with E-state index in [1.165, 1.54) is 0 Å². The lowest BCUT2D eigenvalue weighted by Crippen LogP contribution is -2.42. The molecule has 1 atom stereocenters. The molecule has 1 radical (unpaired) electrons. The van der Waals surface area contributed by atoms with E-state index in [4.69, 9.17) is 10.8 Å². The summed E-state index contributed by atoms with van der Waals surface area (Å²) < 4.78 is 0. The molecule has 0 spiro atoms. The van der Waals surface area contributed by atoms with Crippen LogP contribution in [0.5, 0.6) is 0 Å². The second-order valence-corrected chi connectivity index (χ2v) is 1.58. The molecule has 0 saturated heterocycles. The normalized spacial score (nSPS) is 12.8. The van der Waals surface area contributed by atoms with Gasteiger partial charge in [0.2, 0.25) is 5.91 Å². The molecule has 0 aromatic heterocycles. The van der Waals surface area contributed by atoms with E-state index < -0.39 is 6.04 Å². The summed E-state index contributed by atoms with van der Waals surface area (Å²) in [5.41, 5.74) is 5.11. The highest BCUT2D eigenvalue weighted by atomic mass is 16.3. The average Bonchev–Trinajstić information content (AvgIpc) is 1.87. The Morgan fingerprint density at radius 2 is 2.44 bits per heavy atom. The molecular weight excluding hydrogens is 120 g/mol. The predicted octanol–water partition coefficient (Wildman–Crippen LogP) is -1.74. The first-order valence-electron chi connectivity index (χ1n) is 2.65. The maximum atomic E-state index is 10.5. The maximum absolute atomic E-state index is 10.5. The Hall–Kier alpha value is -0.610. The van der Waals surface area contributed by atoms with Crippen LogP contribution in [-0.4, -0.2) is 30.2 Å². The largest absolute Gasteiger partial charge is 0.394 e. The molecule has 0 aliphatic rings. The Morgan fingerprint density at radius 1 is 1.89 bits per heavy atom. The highest BCUT2D eigenvalue weighted by Gasteiger charge is 2.08. The molecule has 0 bridgehead atoms. The van der Waals surface area contributed by atoms with Crippen LogP contribution in [0.15, 0.2) is 0 Å². The minimum Gasteiger partial charge on any atom is -0.394 e. The highest BCUT2D eigenvalue weighted by molar-refractivity contribution is 5.81. The van der Waals surface area contributed by atoms with Gasteiger partial charge in [-0.25, -0.2) is 0 Å². The molecule has 0 aromatic rings. The minimum absolute atomic E-state index is 0.298. The van der Waals surface area contributed by atoms with Crippen molar-refractivity contribution >= 4 is 5.91 Å². The van der Waals surface area contributed by atoms with Crippen molar-refractivity contribution in [1.82, 2.24) is 5.32 Å². The minimum atomic E-state index is -0.813. The van der Waals surface area contributed by atoms with Gasteiger partial charge in [0.05, 0.1) is 6.61 Å². The van der Waals surface area contributed by atoms with Crippen molar-refractivity contribution in [2.75, 3.05) is 13.2 Å². The van der Waals surface area contributed by atoms with Crippen molar-refractivity contribution < 1.29 is 9.90 Å². The van der Waals surface area contributed by atoms with Gasteiger partial charge in [-0.15, -0.1) is 0 Å². The van der Waals surface area contributed by atoms with Crippen LogP contribution in [0, 0.1) is 6.92 Å². The zero-order valence-electron chi connectivity index (χ0n) is 5.13.